The third kappa shape index (κ3) is 19.4. The van der Waals surface area contributed by atoms with Gasteiger partial charge in [0.1, 0.15) is 23.3 Å². The summed E-state index contributed by atoms with van der Waals surface area (Å²) >= 11 is 1.68. The molecule has 2 aromatic heterocycles. The van der Waals surface area contributed by atoms with E-state index in [2.05, 4.69) is 29.0 Å². The molecule has 63 heavy (non-hydrogen) atoms. The monoisotopic (exact) mass is 994 g/mol. The predicted molar refractivity (Wildman–Crippen MR) is 228 cm³/mol. The number of carbonyl (C=O) groups excluding carboxylic acids is 4. The Hall–Kier alpha value is -4.50. The molecular weight excluding hydrogens is 952 g/mol. The molecule has 0 spiro atoms. The number of amides is 2. The van der Waals surface area contributed by atoms with Crippen LogP contribution in [0.5, 0.6) is 0 Å². The number of anilines is 2. The molecule has 4 rings (SSSR count). The van der Waals surface area contributed by atoms with Gasteiger partial charge >= 0.3 is 19.5 Å². The number of allylic oxidation sites excluding steroid dienone is 2. The molecular formula is C38H44N8O12P2S2Zn. The molecule has 0 saturated heterocycles. The van der Waals surface area contributed by atoms with Crippen molar-refractivity contribution in [2.45, 2.75) is 53.6 Å². The van der Waals surface area contributed by atoms with E-state index in [1.165, 1.54) is 22.2 Å². The molecule has 0 fully saturated rings. The molecule has 20 nitrogen and oxygen atoms in total. The summed E-state index contributed by atoms with van der Waals surface area (Å²) in [5.41, 5.74) is 14.5. The van der Waals surface area contributed by atoms with Crippen molar-refractivity contribution in [3.8, 4) is 0 Å². The maximum Gasteiger partial charge on any atom is 2.00 e. The first-order valence-corrected chi connectivity index (χ1v) is 22.7. The molecule has 2 aromatic carbocycles. The van der Waals surface area contributed by atoms with Gasteiger partial charge in [0.25, 0.3) is 15.6 Å². The SMILES string of the molecule is C/C(=C(\CCOP(=O)([O-])O)SC(=O)c1ccccc1)N(C=O)Cc1cnc(C)nc1N.C/C(=C(\CCOP(=O)([O-])O)SC(=O)c1ccccc1)N(C=O)Cc1cnc(C)nc1N.[Zn+2]. The van der Waals surface area contributed by atoms with E-state index in [0.29, 0.717) is 67.9 Å². The summed E-state index contributed by atoms with van der Waals surface area (Å²) in [7, 11) is -9.85. The Bertz CT molecular complexity index is 2190. The number of phosphoric ester groups is 2. The molecule has 0 radical (unpaired) electrons. The van der Waals surface area contributed by atoms with Gasteiger partial charge in [-0.05, 0) is 51.2 Å². The summed E-state index contributed by atoms with van der Waals surface area (Å²) < 4.78 is 30.6. The van der Waals surface area contributed by atoms with Gasteiger partial charge < -0.3 is 49.9 Å². The van der Waals surface area contributed by atoms with E-state index in [9.17, 15) is 38.1 Å². The average Bonchev–Trinajstić information content (AvgIpc) is 3.22. The van der Waals surface area contributed by atoms with Crippen molar-refractivity contribution in [3.63, 3.8) is 0 Å². The van der Waals surface area contributed by atoms with Crippen LogP contribution in [-0.4, -0.2) is 75.8 Å². The van der Waals surface area contributed by atoms with E-state index >= 15 is 0 Å². The number of nitrogen functional groups attached to an aromatic ring is 2. The van der Waals surface area contributed by atoms with E-state index in [4.69, 9.17) is 21.3 Å². The zero-order chi connectivity index (χ0) is 46.0. The first-order chi connectivity index (χ1) is 29.2. The number of nitrogens with zero attached hydrogens (tertiary/aromatic N) is 6. The Balaban J connectivity index is 0.000000427. The zero-order valence-electron chi connectivity index (χ0n) is 34.6. The molecule has 0 bridgehead atoms. The van der Waals surface area contributed by atoms with E-state index in [1.807, 2.05) is 0 Å². The van der Waals surface area contributed by atoms with Crippen molar-refractivity contribution in [1.82, 2.24) is 29.7 Å². The molecule has 332 valence electrons. The number of carbonyl (C=O) groups is 4. The number of aromatic nitrogens is 4. The maximum atomic E-state index is 12.7. The van der Waals surface area contributed by atoms with E-state index in [1.54, 1.807) is 88.4 Å². The van der Waals surface area contributed by atoms with Crippen LogP contribution in [0.25, 0.3) is 0 Å². The Morgan fingerprint density at radius 1 is 0.698 bits per heavy atom. The number of nitrogens with two attached hydrogens (primary N) is 2. The van der Waals surface area contributed by atoms with Gasteiger partial charge in [-0.3, -0.25) is 28.3 Å². The van der Waals surface area contributed by atoms with Gasteiger partial charge in [-0.15, -0.1) is 0 Å². The van der Waals surface area contributed by atoms with Crippen molar-refractivity contribution >= 4 is 73.9 Å². The van der Waals surface area contributed by atoms with Gasteiger partial charge in [-0.25, -0.2) is 19.9 Å². The molecule has 2 amide bonds. The molecule has 25 heteroatoms. The number of benzene rings is 2. The predicted octanol–water partition coefficient (Wildman–Crippen LogP) is 3.99. The number of hydrogen-bond donors (Lipinski definition) is 4. The number of phosphoric acid groups is 2. The van der Waals surface area contributed by atoms with Gasteiger partial charge in [0, 0.05) is 68.7 Å². The van der Waals surface area contributed by atoms with Crippen LogP contribution in [0.2, 0.25) is 0 Å². The van der Waals surface area contributed by atoms with Crippen LogP contribution in [0.4, 0.5) is 11.6 Å². The van der Waals surface area contributed by atoms with Crippen LogP contribution in [-0.2, 0) is 60.3 Å². The molecule has 0 aliphatic carbocycles. The Morgan fingerprint density at radius 2 is 1.03 bits per heavy atom. The largest absolute Gasteiger partial charge is 2.00 e. The van der Waals surface area contributed by atoms with Crippen LogP contribution < -0.4 is 21.3 Å². The minimum atomic E-state index is -4.92. The zero-order valence-corrected chi connectivity index (χ0v) is 40.9. The molecule has 4 aromatic rings. The van der Waals surface area contributed by atoms with Gasteiger partial charge in [-0.1, -0.05) is 60.7 Å². The van der Waals surface area contributed by atoms with Crippen molar-refractivity contribution < 1.29 is 76.4 Å². The topological polar surface area (TPSA) is 318 Å². The second-order valence-electron chi connectivity index (χ2n) is 12.8. The molecule has 2 heterocycles. The second-order valence-corrected chi connectivity index (χ2v) is 17.3. The van der Waals surface area contributed by atoms with Crippen LogP contribution in [0.1, 0.15) is 70.2 Å². The quantitative estimate of drug-likeness (QED) is 0.0552. The number of aryl methyl sites for hydroxylation is 2. The third-order valence-electron chi connectivity index (χ3n) is 8.26. The fourth-order valence-corrected chi connectivity index (χ4v) is 7.54. The van der Waals surface area contributed by atoms with Gasteiger partial charge in [0.15, 0.2) is 0 Å². The van der Waals surface area contributed by atoms with Crippen molar-refractivity contribution in [2.75, 3.05) is 24.7 Å². The Kier molecular flexibility index (Phi) is 22.8. The first kappa shape index (κ1) is 54.6. The first-order valence-electron chi connectivity index (χ1n) is 18.1. The number of rotatable bonds is 20. The third-order valence-corrected chi connectivity index (χ3v) is 11.6. The van der Waals surface area contributed by atoms with Crippen LogP contribution in [0.3, 0.4) is 0 Å². The Labute approximate surface area is 384 Å². The fourth-order valence-electron chi connectivity index (χ4n) is 5.03. The summed E-state index contributed by atoms with van der Waals surface area (Å²) in [6, 6.07) is 16.9. The normalized spacial score (nSPS) is 13.6. The maximum absolute atomic E-state index is 12.7. The molecule has 2 atom stereocenters. The summed E-state index contributed by atoms with van der Waals surface area (Å²) in [6.07, 6.45) is 4.07. The van der Waals surface area contributed by atoms with Crippen molar-refractivity contribution in [1.29, 1.82) is 0 Å². The van der Waals surface area contributed by atoms with Crippen LogP contribution in [0, 0.1) is 13.8 Å². The number of hydrogen-bond acceptors (Lipinski definition) is 18. The van der Waals surface area contributed by atoms with E-state index in [-0.39, 0.29) is 67.3 Å². The molecule has 0 aliphatic rings. The van der Waals surface area contributed by atoms with Gasteiger partial charge in [-0.2, -0.15) is 0 Å². The minimum Gasteiger partial charge on any atom is -0.756 e. The van der Waals surface area contributed by atoms with Crippen LogP contribution >= 0.6 is 39.2 Å². The molecule has 6 N–H and O–H groups in total. The van der Waals surface area contributed by atoms with E-state index < -0.39 is 28.9 Å². The summed E-state index contributed by atoms with van der Waals surface area (Å²) in [6.45, 7) is 5.87. The molecule has 2 unspecified atom stereocenters. The minimum absolute atomic E-state index is 0. The van der Waals surface area contributed by atoms with Crippen molar-refractivity contribution in [3.05, 3.63) is 128 Å². The molecule has 0 aliphatic heterocycles. The van der Waals surface area contributed by atoms with Crippen molar-refractivity contribution in [2.24, 2.45) is 0 Å². The Morgan fingerprint density at radius 3 is 1.32 bits per heavy atom. The summed E-state index contributed by atoms with van der Waals surface area (Å²) in [4.78, 5) is 108. The standard InChI is InChI=1S/2C19H23N4O6PS.Zn/c2*1-13(23(12-24)11-16-10-21-14(2)22-18(16)20)17(8-9-29-30(26,27)28)31-19(25)15-6-4-3-5-7-15;/h2*3-7,10,12H,8-9,11H2,1-2H3,(H2,20,21,22)(H2,26,27,28);/q;;+2/p-2/b2*17-13-;. The average molecular weight is 996 g/mol. The van der Waals surface area contributed by atoms with Gasteiger partial charge in [0.05, 0.1) is 26.3 Å². The summed E-state index contributed by atoms with van der Waals surface area (Å²) in [5, 5.41) is -0.596. The molecule has 0 saturated carbocycles. The summed E-state index contributed by atoms with van der Waals surface area (Å²) in [5.74, 6) is 1.41. The fraction of sp³-hybridized carbons (Fsp3) is 0.263. The number of thioether (sulfide) groups is 2. The van der Waals surface area contributed by atoms with Gasteiger partial charge in [0.2, 0.25) is 23.1 Å². The van der Waals surface area contributed by atoms with E-state index in [0.717, 1.165) is 23.5 Å². The smallest absolute Gasteiger partial charge is 0.756 e. The van der Waals surface area contributed by atoms with Crippen LogP contribution in [0.15, 0.2) is 94.3 Å². The second kappa shape index (κ2) is 26.3.